The molecule has 0 fully saturated rings. The van der Waals surface area contributed by atoms with Gasteiger partial charge in [-0.05, 0) is 19.1 Å². The van der Waals surface area contributed by atoms with Crippen molar-refractivity contribution in [3.63, 3.8) is 0 Å². The Balaban J connectivity index is 2.02. The van der Waals surface area contributed by atoms with Crippen LogP contribution in [0.5, 0.6) is 0 Å². The molecule has 2 aromatic rings. The van der Waals surface area contributed by atoms with E-state index in [9.17, 15) is 14.4 Å². The first-order chi connectivity index (χ1) is 10.5. The molecule has 3 N–H and O–H groups in total. The molecule has 1 heterocycles. The van der Waals surface area contributed by atoms with E-state index in [1.54, 1.807) is 19.1 Å². The molecule has 0 saturated heterocycles. The molecule has 0 aliphatic carbocycles. The lowest BCUT2D eigenvalue weighted by Gasteiger charge is -2.07. The number of para-hydroxylation sites is 1. The molecule has 1 aromatic carbocycles. The molecule has 22 heavy (non-hydrogen) atoms. The molecule has 1 aromatic heterocycles. The maximum absolute atomic E-state index is 11.9. The van der Waals surface area contributed by atoms with Crippen LogP contribution >= 0.6 is 11.8 Å². The molecule has 0 bridgehead atoms. The van der Waals surface area contributed by atoms with Crippen molar-refractivity contribution in [2.45, 2.75) is 12.1 Å². The van der Waals surface area contributed by atoms with Crippen molar-refractivity contribution in [1.29, 1.82) is 0 Å². The largest absolute Gasteiger partial charge is 0.478 e. The molecule has 8 heteroatoms. The van der Waals surface area contributed by atoms with Crippen LogP contribution in [0.4, 0.5) is 5.69 Å². The van der Waals surface area contributed by atoms with Gasteiger partial charge in [-0.3, -0.25) is 9.59 Å². The highest BCUT2D eigenvalue weighted by Gasteiger charge is 2.12. The first kappa shape index (κ1) is 15.8. The van der Waals surface area contributed by atoms with Gasteiger partial charge in [0.2, 0.25) is 5.91 Å². The number of thioether (sulfide) groups is 1. The number of carboxylic acids is 1. The summed E-state index contributed by atoms with van der Waals surface area (Å²) in [7, 11) is 0. The highest BCUT2D eigenvalue weighted by atomic mass is 32.2. The Morgan fingerprint density at radius 3 is 2.77 bits per heavy atom. The highest BCUT2D eigenvalue weighted by Crippen LogP contribution is 2.16. The number of aryl methyl sites for hydroxylation is 1. The monoisotopic (exact) mass is 319 g/mol. The van der Waals surface area contributed by atoms with Crippen LogP contribution < -0.4 is 10.9 Å². The van der Waals surface area contributed by atoms with Crippen LogP contribution in [0.3, 0.4) is 0 Å². The molecule has 0 saturated carbocycles. The topological polar surface area (TPSA) is 112 Å². The smallest absolute Gasteiger partial charge is 0.337 e. The predicted octanol–water partition coefficient (Wildman–Crippen LogP) is 1.51. The molecule has 0 unspecified atom stereocenters. The van der Waals surface area contributed by atoms with E-state index in [1.807, 2.05) is 0 Å². The van der Waals surface area contributed by atoms with E-state index >= 15 is 0 Å². The number of carbonyl (C=O) groups excluding carboxylic acids is 1. The summed E-state index contributed by atoms with van der Waals surface area (Å²) in [5.74, 6) is -1.50. The molecular weight excluding hydrogens is 306 g/mol. The van der Waals surface area contributed by atoms with Crippen LogP contribution in [0.15, 0.2) is 40.3 Å². The number of aromatic amines is 1. The number of carbonyl (C=O) groups is 2. The van der Waals surface area contributed by atoms with Gasteiger partial charge in [0.05, 0.1) is 17.0 Å². The lowest BCUT2D eigenvalue weighted by molar-refractivity contribution is -0.113. The van der Waals surface area contributed by atoms with Crippen molar-refractivity contribution in [1.82, 2.24) is 9.97 Å². The van der Waals surface area contributed by atoms with Gasteiger partial charge in [-0.25, -0.2) is 9.78 Å². The summed E-state index contributed by atoms with van der Waals surface area (Å²) in [6.07, 6.45) is 0. The molecule has 7 nitrogen and oxygen atoms in total. The first-order valence-corrected chi connectivity index (χ1v) is 7.27. The van der Waals surface area contributed by atoms with Crippen molar-refractivity contribution in [3.8, 4) is 0 Å². The standard InChI is InChI=1S/C14H13N3O4S/c1-8-6-11(18)17-14(15-8)22-7-12(19)16-10-5-3-2-4-9(10)13(20)21/h2-6H,7H2,1H3,(H,16,19)(H,20,21)(H,15,17,18). The fraction of sp³-hybridized carbons (Fsp3) is 0.143. The number of aromatic carboxylic acids is 1. The Morgan fingerprint density at radius 2 is 2.09 bits per heavy atom. The lowest BCUT2D eigenvalue weighted by Crippen LogP contribution is -2.17. The van der Waals surface area contributed by atoms with Gasteiger partial charge < -0.3 is 15.4 Å². The Morgan fingerprint density at radius 1 is 1.36 bits per heavy atom. The minimum atomic E-state index is -1.12. The van der Waals surface area contributed by atoms with Crippen molar-refractivity contribution in [3.05, 3.63) is 51.9 Å². The molecule has 0 radical (unpaired) electrons. The van der Waals surface area contributed by atoms with E-state index in [4.69, 9.17) is 5.11 Å². The van der Waals surface area contributed by atoms with Crippen LogP contribution in [0.1, 0.15) is 16.1 Å². The number of benzene rings is 1. The average Bonchev–Trinajstić information content (AvgIpc) is 2.44. The first-order valence-electron chi connectivity index (χ1n) is 6.28. The van der Waals surface area contributed by atoms with Gasteiger partial charge >= 0.3 is 5.97 Å². The zero-order chi connectivity index (χ0) is 16.1. The molecule has 0 atom stereocenters. The van der Waals surface area contributed by atoms with Crippen LogP contribution in [-0.4, -0.2) is 32.7 Å². The zero-order valence-electron chi connectivity index (χ0n) is 11.6. The molecule has 114 valence electrons. The van der Waals surface area contributed by atoms with Crippen molar-refractivity contribution >= 4 is 29.3 Å². The Bertz CT molecular complexity index is 773. The third-order valence-corrected chi connectivity index (χ3v) is 3.49. The third-order valence-electron chi connectivity index (χ3n) is 2.62. The average molecular weight is 319 g/mol. The number of H-pyrrole nitrogens is 1. The van der Waals surface area contributed by atoms with E-state index in [0.29, 0.717) is 10.9 Å². The third kappa shape index (κ3) is 4.19. The fourth-order valence-corrected chi connectivity index (χ4v) is 2.44. The van der Waals surface area contributed by atoms with E-state index < -0.39 is 5.97 Å². The SMILES string of the molecule is Cc1cc(=O)[nH]c(SCC(=O)Nc2ccccc2C(=O)O)n1. The summed E-state index contributed by atoms with van der Waals surface area (Å²) >= 11 is 1.06. The normalized spacial score (nSPS) is 10.2. The minimum Gasteiger partial charge on any atom is -0.478 e. The molecule has 0 aliphatic heterocycles. The molecule has 0 spiro atoms. The van der Waals surface area contributed by atoms with Gasteiger partial charge in [-0.2, -0.15) is 0 Å². The van der Waals surface area contributed by atoms with Crippen LogP contribution in [0.25, 0.3) is 0 Å². The second kappa shape index (κ2) is 6.90. The van der Waals surface area contributed by atoms with Crippen molar-refractivity contribution < 1.29 is 14.7 Å². The predicted molar refractivity (Wildman–Crippen MR) is 82.3 cm³/mol. The molecule has 2 rings (SSSR count). The summed E-state index contributed by atoms with van der Waals surface area (Å²) in [4.78, 5) is 40.8. The second-order valence-electron chi connectivity index (χ2n) is 4.38. The molecule has 1 amide bonds. The lowest BCUT2D eigenvalue weighted by atomic mass is 10.2. The number of nitrogens with one attached hydrogen (secondary N) is 2. The van der Waals surface area contributed by atoms with Gasteiger partial charge in [0.15, 0.2) is 5.16 Å². The maximum atomic E-state index is 11.9. The van der Waals surface area contributed by atoms with E-state index in [0.717, 1.165) is 11.8 Å². The van der Waals surface area contributed by atoms with Crippen molar-refractivity contribution in [2.24, 2.45) is 0 Å². The van der Waals surface area contributed by atoms with Crippen LogP contribution in [0, 0.1) is 6.92 Å². The number of nitrogens with zero attached hydrogens (tertiary/aromatic N) is 1. The number of aromatic nitrogens is 2. The quantitative estimate of drug-likeness (QED) is 0.569. The van der Waals surface area contributed by atoms with Gasteiger partial charge in [-0.15, -0.1) is 0 Å². The number of carboxylic acid groups (broad SMARTS) is 1. The van der Waals surface area contributed by atoms with Gasteiger partial charge in [-0.1, -0.05) is 23.9 Å². The summed E-state index contributed by atoms with van der Waals surface area (Å²) < 4.78 is 0. The Hall–Kier alpha value is -2.61. The number of rotatable bonds is 5. The van der Waals surface area contributed by atoms with Gasteiger partial charge in [0.1, 0.15) is 0 Å². The Kier molecular flexibility index (Phi) is 4.95. The van der Waals surface area contributed by atoms with Crippen molar-refractivity contribution in [2.75, 3.05) is 11.1 Å². The summed E-state index contributed by atoms with van der Waals surface area (Å²) in [6, 6.07) is 7.49. The van der Waals surface area contributed by atoms with E-state index in [1.165, 1.54) is 18.2 Å². The number of hydrogen-bond donors (Lipinski definition) is 3. The maximum Gasteiger partial charge on any atom is 0.337 e. The van der Waals surface area contributed by atoms with Crippen LogP contribution in [0.2, 0.25) is 0 Å². The Labute approximate surface area is 129 Å². The highest BCUT2D eigenvalue weighted by molar-refractivity contribution is 7.99. The number of amides is 1. The van der Waals surface area contributed by atoms with Gasteiger partial charge in [0, 0.05) is 11.8 Å². The second-order valence-corrected chi connectivity index (χ2v) is 5.34. The van der Waals surface area contributed by atoms with E-state index in [2.05, 4.69) is 15.3 Å². The van der Waals surface area contributed by atoms with E-state index in [-0.39, 0.29) is 28.5 Å². The van der Waals surface area contributed by atoms with Crippen LogP contribution in [-0.2, 0) is 4.79 Å². The van der Waals surface area contributed by atoms with Gasteiger partial charge in [0.25, 0.3) is 5.56 Å². The summed E-state index contributed by atoms with van der Waals surface area (Å²) in [6.45, 7) is 1.68. The molecular formula is C14H13N3O4S. The minimum absolute atomic E-state index is 0.000344. The number of anilines is 1. The molecule has 0 aliphatic rings. The summed E-state index contributed by atoms with van der Waals surface area (Å²) in [5, 5.41) is 11.9. The fourth-order valence-electron chi connectivity index (χ4n) is 1.72. The summed E-state index contributed by atoms with van der Waals surface area (Å²) in [5.41, 5.74) is 0.517. The number of hydrogen-bond acceptors (Lipinski definition) is 5. The zero-order valence-corrected chi connectivity index (χ0v) is 12.4.